The van der Waals surface area contributed by atoms with Crippen LogP contribution in [0.25, 0.3) is 0 Å². The van der Waals surface area contributed by atoms with Gasteiger partial charge in [-0.25, -0.2) is 4.79 Å². The number of carbonyl (C=O) groups is 1. The average Bonchev–Trinajstić information content (AvgIpc) is 2.38. The van der Waals surface area contributed by atoms with Crippen molar-refractivity contribution in [2.24, 2.45) is 0 Å². The molecule has 0 unspecified atom stereocenters. The lowest BCUT2D eigenvalue weighted by Gasteiger charge is -2.29. The van der Waals surface area contributed by atoms with Crippen LogP contribution in [0, 0.1) is 6.92 Å². The Morgan fingerprint density at radius 1 is 1.39 bits per heavy atom. The summed E-state index contributed by atoms with van der Waals surface area (Å²) in [4.78, 5) is 24.5. The van der Waals surface area contributed by atoms with E-state index in [9.17, 15) is 14.7 Å². The minimum absolute atomic E-state index is 0. The van der Waals surface area contributed by atoms with E-state index in [0.717, 1.165) is 25.8 Å². The first-order valence-corrected chi connectivity index (χ1v) is 7.90. The molecule has 2 aliphatic rings. The van der Waals surface area contributed by atoms with Gasteiger partial charge in [-0.2, -0.15) is 0 Å². The Hall–Kier alpha value is -1.37. The van der Waals surface area contributed by atoms with E-state index in [1.165, 1.54) is 0 Å². The van der Waals surface area contributed by atoms with E-state index in [2.05, 4.69) is 10.6 Å². The van der Waals surface area contributed by atoms with Gasteiger partial charge < -0.3 is 20.2 Å². The van der Waals surface area contributed by atoms with Crippen molar-refractivity contribution >= 4 is 18.3 Å². The second kappa shape index (κ2) is 7.47. The highest BCUT2D eigenvalue weighted by atomic mass is 35.5. The fourth-order valence-electron chi connectivity index (χ4n) is 3.05. The van der Waals surface area contributed by atoms with Gasteiger partial charge in [0.05, 0.1) is 12.1 Å². The zero-order chi connectivity index (χ0) is 15.7. The number of nitrogens with one attached hydrogen (secondary N) is 2. The number of hydrogen-bond donors (Lipinski definition) is 3. The van der Waals surface area contributed by atoms with Crippen molar-refractivity contribution in [1.82, 2.24) is 10.6 Å². The number of aliphatic hydroxyl groups is 1. The Labute approximate surface area is 141 Å². The van der Waals surface area contributed by atoms with E-state index >= 15 is 0 Å². The number of carbonyl (C=O) groups excluding carboxylic acids is 1. The van der Waals surface area contributed by atoms with Crippen molar-refractivity contribution in [3.63, 3.8) is 0 Å². The molecule has 2 atom stereocenters. The molecule has 0 bridgehead atoms. The second-order valence-corrected chi connectivity index (χ2v) is 6.26. The Bertz CT molecular complexity index is 627. The molecule has 2 heterocycles. The molecule has 6 nitrogen and oxygen atoms in total. The number of aryl methyl sites for hydroxylation is 1. The monoisotopic (exact) mass is 342 g/mol. The molecule has 1 saturated heterocycles. The number of halogens is 1. The molecule has 0 aromatic carbocycles. The van der Waals surface area contributed by atoms with Gasteiger partial charge in [-0.1, -0.05) is 6.42 Å². The zero-order valence-electron chi connectivity index (χ0n) is 13.1. The molecule has 1 aromatic heterocycles. The largest absolute Gasteiger partial charge is 0.427 e. The Morgan fingerprint density at radius 2 is 2.13 bits per heavy atom. The summed E-state index contributed by atoms with van der Waals surface area (Å²) < 4.78 is 5.34. The molecule has 0 radical (unpaired) electrons. The van der Waals surface area contributed by atoms with Crippen LogP contribution in [-0.2, 0) is 0 Å². The second-order valence-electron chi connectivity index (χ2n) is 6.26. The van der Waals surface area contributed by atoms with E-state index in [0.29, 0.717) is 30.2 Å². The van der Waals surface area contributed by atoms with Crippen LogP contribution in [0.5, 0.6) is 0 Å². The predicted octanol–water partition coefficient (Wildman–Crippen LogP) is 1.09. The number of β-amino-alcohol motifs (C(OH)–C–C–N with tert-alkyl or cyclic N) is 1. The quantitative estimate of drug-likeness (QED) is 0.765. The topological polar surface area (TPSA) is 91.6 Å². The van der Waals surface area contributed by atoms with Gasteiger partial charge in [-0.15, -0.1) is 12.4 Å². The van der Waals surface area contributed by atoms with Crippen LogP contribution in [0.2, 0.25) is 0 Å². The molecular weight excluding hydrogens is 320 g/mol. The molecule has 1 aliphatic carbocycles. The van der Waals surface area contributed by atoms with Crippen molar-refractivity contribution in [2.75, 3.05) is 13.1 Å². The van der Waals surface area contributed by atoms with Crippen molar-refractivity contribution in [3.05, 3.63) is 33.4 Å². The smallest absolute Gasteiger partial charge is 0.349 e. The summed E-state index contributed by atoms with van der Waals surface area (Å²) in [7, 11) is 0. The van der Waals surface area contributed by atoms with Gasteiger partial charge in [-0.05, 0) is 44.4 Å². The molecule has 23 heavy (non-hydrogen) atoms. The standard InChI is InChI=1S/C16H22N2O4.ClH/c1-9-7-13(10-3-2-4-10)22-16(21)14(9)15(20)18-11-5-6-17-8-12(11)19;/h7,10-12,17,19H,2-6,8H2,1H3,(H,18,20);1H/t11-,12-;/m1./s1. The Kier molecular flexibility index (Phi) is 5.84. The summed E-state index contributed by atoms with van der Waals surface area (Å²) in [6.07, 6.45) is 3.23. The molecule has 3 N–H and O–H groups in total. The van der Waals surface area contributed by atoms with Crippen molar-refractivity contribution in [1.29, 1.82) is 0 Å². The number of rotatable bonds is 3. The first kappa shape index (κ1) is 18.0. The number of hydrogen-bond acceptors (Lipinski definition) is 5. The lowest BCUT2D eigenvalue weighted by atomic mass is 9.83. The van der Waals surface area contributed by atoms with Gasteiger partial charge in [0, 0.05) is 12.5 Å². The van der Waals surface area contributed by atoms with Crippen molar-refractivity contribution < 1.29 is 14.3 Å². The maximum absolute atomic E-state index is 12.4. The minimum atomic E-state index is -0.640. The highest BCUT2D eigenvalue weighted by Crippen LogP contribution is 2.36. The van der Waals surface area contributed by atoms with Gasteiger partial charge in [0.15, 0.2) is 0 Å². The van der Waals surface area contributed by atoms with Crippen molar-refractivity contribution in [2.45, 2.75) is 50.7 Å². The summed E-state index contributed by atoms with van der Waals surface area (Å²) in [5.74, 6) is 0.541. The summed E-state index contributed by atoms with van der Waals surface area (Å²) in [6.45, 7) is 2.93. The van der Waals surface area contributed by atoms with Crippen LogP contribution in [-0.4, -0.2) is 36.2 Å². The molecule has 1 aliphatic heterocycles. The summed E-state index contributed by atoms with van der Waals surface area (Å²) >= 11 is 0. The normalized spacial score (nSPS) is 24.4. The molecule has 0 spiro atoms. The average molecular weight is 343 g/mol. The van der Waals surface area contributed by atoms with Crippen LogP contribution in [0.15, 0.2) is 15.3 Å². The summed E-state index contributed by atoms with van der Waals surface area (Å²) in [5, 5.41) is 15.7. The van der Waals surface area contributed by atoms with Crippen molar-refractivity contribution in [3.8, 4) is 0 Å². The fraction of sp³-hybridized carbons (Fsp3) is 0.625. The molecule has 128 valence electrons. The molecule has 1 amide bonds. The molecule has 1 saturated carbocycles. The molecule has 1 aromatic rings. The third kappa shape index (κ3) is 3.76. The summed E-state index contributed by atoms with van der Waals surface area (Å²) in [5.41, 5.74) is 0.107. The van der Waals surface area contributed by atoms with Gasteiger partial charge in [0.2, 0.25) is 0 Å². The van der Waals surface area contributed by atoms with Crippen LogP contribution in [0.3, 0.4) is 0 Å². The van der Waals surface area contributed by atoms with E-state index in [1.54, 1.807) is 13.0 Å². The maximum atomic E-state index is 12.4. The maximum Gasteiger partial charge on any atom is 0.349 e. The van der Waals surface area contributed by atoms with Crippen LogP contribution >= 0.6 is 12.4 Å². The van der Waals surface area contributed by atoms with E-state index < -0.39 is 17.6 Å². The molecule has 7 heteroatoms. The van der Waals surface area contributed by atoms with E-state index in [-0.39, 0.29) is 24.0 Å². The lowest BCUT2D eigenvalue weighted by molar-refractivity contribution is 0.0761. The number of piperidine rings is 1. The summed E-state index contributed by atoms with van der Waals surface area (Å²) in [6, 6.07) is 1.47. The SMILES string of the molecule is Cc1cc(C2CCC2)oc(=O)c1C(=O)N[C@@H]1CCNC[C@H]1O.Cl. The van der Waals surface area contributed by atoms with Gasteiger partial charge >= 0.3 is 5.63 Å². The van der Waals surface area contributed by atoms with Crippen LogP contribution < -0.4 is 16.3 Å². The highest BCUT2D eigenvalue weighted by Gasteiger charge is 2.28. The third-order valence-corrected chi connectivity index (χ3v) is 4.67. The minimum Gasteiger partial charge on any atom is -0.427 e. The molecule has 2 fully saturated rings. The zero-order valence-corrected chi connectivity index (χ0v) is 13.9. The van der Waals surface area contributed by atoms with Crippen LogP contribution in [0.1, 0.15) is 53.3 Å². The Balaban J connectivity index is 0.00000192. The lowest BCUT2D eigenvalue weighted by Crippen LogP contribution is -2.53. The number of amides is 1. The van der Waals surface area contributed by atoms with Crippen LogP contribution in [0.4, 0.5) is 0 Å². The first-order valence-electron chi connectivity index (χ1n) is 7.90. The molecule has 3 rings (SSSR count). The third-order valence-electron chi connectivity index (χ3n) is 4.67. The van der Waals surface area contributed by atoms with E-state index in [1.807, 2.05) is 0 Å². The molecular formula is C16H23ClN2O4. The fourth-order valence-corrected chi connectivity index (χ4v) is 3.05. The highest BCUT2D eigenvalue weighted by molar-refractivity contribution is 5.95. The predicted molar refractivity (Wildman–Crippen MR) is 88.3 cm³/mol. The van der Waals surface area contributed by atoms with Gasteiger partial charge in [-0.3, -0.25) is 4.79 Å². The Morgan fingerprint density at radius 3 is 2.70 bits per heavy atom. The van der Waals surface area contributed by atoms with Gasteiger partial charge in [0.25, 0.3) is 5.91 Å². The first-order chi connectivity index (χ1) is 10.6. The van der Waals surface area contributed by atoms with Gasteiger partial charge in [0.1, 0.15) is 11.3 Å². The van der Waals surface area contributed by atoms with E-state index in [4.69, 9.17) is 4.42 Å². The number of aliphatic hydroxyl groups excluding tert-OH is 1.